The summed E-state index contributed by atoms with van der Waals surface area (Å²) in [5, 5.41) is 7.95. The van der Waals surface area contributed by atoms with E-state index in [-0.39, 0.29) is 11.9 Å². The van der Waals surface area contributed by atoms with E-state index in [0.717, 1.165) is 74.4 Å². The van der Waals surface area contributed by atoms with Gasteiger partial charge in [0.15, 0.2) is 0 Å². The maximum Gasteiger partial charge on any atom is 0.224 e. The van der Waals surface area contributed by atoms with Crippen molar-refractivity contribution in [2.24, 2.45) is 5.92 Å². The van der Waals surface area contributed by atoms with Crippen LogP contribution in [0.25, 0.3) is 10.9 Å². The van der Waals surface area contributed by atoms with Gasteiger partial charge in [-0.05, 0) is 61.9 Å². The molecule has 0 radical (unpaired) electrons. The number of amides is 1. The summed E-state index contributed by atoms with van der Waals surface area (Å²) in [6.07, 6.45) is 5.79. The molecule has 1 saturated carbocycles. The van der Waals surface area contributed by atoms with Gasteiger partial charge >= 0.3 is 0 Å². The Kier molecular flexibility index (Phi) is 7.42. The molecule has 1 aliphatic carbocycles. The maximum atomic E-state index is 12.8. The Hall–Kier alpha value is -3.23. The van der Waals surface area contributed by atoms with Gasteiger partial charge in [0.25, 0.3) is 0 Å². The standard InChI is InChI=1S/C30H39N7O/c1-22(38)37(27-8-6-25(7-9-27)33-30-32-20-24-4-2-3-5-29(24)34-30)28-12-10-26(11-13-28)36-16-14-35(15-17-36)21-23-18-31-19-23/h2-5,10-13,20,23,25,27,31H,6-9,14-19,21H2,1H3,(H,32,33,34). The summed E-state index contributed by atoms with van der Waals surface area (Å²) in [6.45, 7) is 9.63. The highest BCUT2D eigenvalue weighted by Gasteiger charge is 2.29. The zero-order chi connectivity index (χ0) is 25.9. The molecular formula is C30H39N7O. The van der Waals surface area contributed by atoms with Crippen molar-refractivity contribution in [2.75, 3.05) is 60.9 Å². The zero-order valence-corrected chi connectivity index (χ0v) is 22.4. The Morgan fingerprint density at radius 3 is 2.42 bits per heavy atom. The first-order chi connectivity index (χ1) is 18.6. The number of carbonyl (C=O) groups is 1. The van der Waals surface area contributed by atoms with E-state index in [2.05, 4.69) is 54.7 Å². The molecular weight excluding hydrogens is 474 g/mol. The smallest absolute Gasteiger partial charge is 0.224 e. The molecule has 8 heteroatoms. The van der Waals surface area contributed by atoms with Crippen molar-refractivity contribution in [3.8, 4) is 0 Å². The van der Waals surface area contributed by atoms with Gasteiger partial charge in [0.05, 0.1) is 5.52 Å². The number of para-hydroxylation sites is 1. The van der Waals surface area contributed by atoms with Crippen LogP contribution < -0.4 is 20.4 Å². The largest absolute Gasteiger partial charge is 0.369 e. The van der Waals surface area contributed by atoms with Gasteiger partial charge in [-0.3, -0.25) is 9.69 Å². The van der Waals surface area contributed by atoms with Crippen LogP contribution in [0.5, 0.6) is 0 Å². The lowest BCUT2D eigenvalue weighted by atomic mass is 9.89. The van der Waals surface area contributed by atoms with Crippen molar-refractivity contribution >= 4 is 34.1 Å². The third kappa shape index (κ3) is 5.61. The second-order valence-electron chi connectivity index (χ2n) is 11.1. The number of hydrogen-bond donors (Lipinski definition) is 2. The summed E-state index contributed by atoms with van der Waals surface area (Å²) in [6, 6.07) is 17.3. The summed E-state index contributed by atoms with van der Waals surface area (Å²) in [5.41, 5.74) is 3.22. The van der Waals surface area contributed by atoms with Crippen molar-refractivity contribution < 1.29 is 4.79 Å². The number of fused-ring (bicyclic) bond motifs is 1. The van der Waals surface area contributed by atoms with Gasteiger partial charge in [0, 0.05) is 87.8 Å². The van der Waals surface area contributed by atoms with Gasteiger partial charge in [-0.25, -0.2) is 9.97 Å². The van der Waals surface area contributed by atoms with E-state index in [1.54, 1.807) is 6.92 Å². The SMILES string of the molecule is CC(=O)N(c1ccc(N2CCN(CC3CNC3)CC2)cc1)C1CCC(Nc2ncc3ccccc3n2)CC1. The average Bonchev–Trinajstić information content (AvgIpc) is 2.92. The topological polar surface area (TPSA) is 76.6 Å². The van der Waals surface area contributed by atoms with Crippen LogP contribution in [0.1, 0.15) is 32.6 Å². The molecule has 0 bridgehead atoms. The quantitative estimate of drug-likeness (QED) is 0.498. The third-order valence-corrected chi connectivity index (χ3v) is 8.47. The Morgan fingerprint density at radius 1 is 1.00 bits per heavy atom. The lowest BCUT2D eigenvalue weighted by Crippen LogP contribution is -2.53. The van der Waals surface area contributed by atoms with Gasteiger partial charge in [-0.2, -0.15) is 0 Å². The number of hydrogen-bond acceptors (Lipinski definition) is 7. The normalized spacial score (nSPS) is 22.7. The summed E-state index contributed by atoms with van der Waals surface area (Å²) in [4.78, 5) is 29.0. The van der Waals surface area contributed by atoms with Crippen molar-refractivity contribution in [2.45, 2.75) is 44.7 Å². The molecule has 8 nitrogen and oxygen atoms in total. The molecule has 3 aliphatic rings. The molecule has 3 fully saturated rings. The van der Waals surface area contributed by atoms with E-state index in [4.69, 9.17) is 0 Å². The van der Waals surface area contributed by atoms with Gasteiger partial charge in [-0.1, -0.05) is 18.2 Å². The van der Waals surface area contributed by atoms with Gasteiger partial charge in [-0.15, -0.1) is 0 Å². The van der Waals surface area contributed by atoms with Crippen LogP contribution in [0.3, 0.4) is 0 Å². The molecule has 1 aromatic heterocycles. The molecule has 0 unspecified atom stereocenters. The van der Waals surface area contributed by atoms with Crippen molar-refractivity contribution in [3.63, 3.8) is 0 Å². The van der Waals surface area contributed by atoms with E-state index in [1.165, 1.54) is 25.3 Å². The molecule has 1 amide bonds. The highest BCUT2D eigenvalue weighted by atomic mass is 16.2. The van der Waals surface area contributed by atoms with Crippen LogP contribution in [0.15, 0.2) is 54.7 Å². The first kappa shape index (κ1) is 25.1. The van der Waals surface area contributed by atoms with Crippen LogP contribution >= 0.6 is 0 Å². The van der Waals surface area contributed by atoms with Crippen LogP contribution in [0, 0.1) is 5.92 Å². The second-order valence-corrected chi connectivity index (χ2v) is 11.1. The molecule has 2 aromatic carbocycles. The summed E-state index contributed by atoms with van der Waals surface area (Å²) in [7, 11) is 0. The minimum absolute atomic E-state index is 0.117. The molecule has 0 spiro atoms. The Balaban J connectivity index is 1.03. The van der Waals surface area contributed by atoms with E-state index in [0.29, 0.717) is 12.0 Å². The number of anilines is 3. The highest BCUT2D eigenvalue weighted by Crippen LogP contribution is 2.31. The van der Waals surface area contributed by atoms with Gasteiger partial charge < -0.3 is 20.4 Å². The first-order valence-electron chi connectivity index (χ1n) is 14.2. The maximum absolute atomic E-state index is 12.8. The third-order valence-electron chi connectivity index (χ3n) is 8.47. The predicted octanol–water partition coefficient (Wildman–Crippen LogP) is 3.75. The number of carbonyl (C=O) groups excluding carboxylic acids is 1. The second kappa shape index (κ2) is 11.3. The molecule has 38 heavy (non-hydrogen) atoms. The van der Waals surface area contributed by atoms with Crippen LogP contribution in [0.2, 0.25) is 0 Å². The number of piperazine rings is 1. The van der Waals surface area contributed by atoms with Crippen LogP contribution in [-0.2, 0) is 4.79 Å². The number of aromatic nitrogens is 2. The summed E-state index contributed by atoms with van der Waals surface area (Å²) < 4.78 is 0. The number of nitrogens with zero attached hydrogens (tertiary/aromatic N) is 5. The fourth-order valence-electron chi connectivity index (χ4n) is 6.21. The fourth-order valence-corrected chi connectivity index (χ4v) is 6.21. The van der Waals surface area contributed by atoms with Gasteiger partial charge in [0.1, 0.15) is 0 Å². The Bertz CT molecular complexity index is 1230. The number of benzene rings is 2. The minimum Gasteiger partial charge on any atom is -0.369 e. The van der Waals surface area contributed by atoms with E-state index in [9.17, 15) is 4.79 Å². The number of nitrogens with one attached hydrogen (secondary N) is 2. The summed E-state index contributed by atoms with van der Waals surface area (Å²) in [5.74, 6) is 1.63. The molecule has 2 aliphatic heterocycles. The van der Waals surface area contributed by atoms with Crippen LogP contribution in [0.4, 0.5) is 17.3 Å². The summed E-state index contributed by atoms with van der Waals surface area (Å²) >= 11 is 0. The predicted molar refractivity (Wildman–Crippen MR) is 154 cm³/mol. The Morgan fingerprint density at radius 2 is 1.74 bits per heavy atom. The van der Waals surface area contributed by atoms with E-state index < -0.39 is 0 Å². The van der Waals surface area contributed by atoms with Crippen molar-refractivity contribution in [1.29, 1.82) is 0 Å². The van der Waals surface area contributed by atoms with Crippen molar-refractivity contribution in [1.82, 2.24) is 20.2 Å². The molecule has 3 heterocycles. The zero-order valence-electron chi connectivity index (χ0n) is 22.4. The molecule has 2 saturated heterocycles. The van der Waals surface area contributed by atoms with Crippen LogP contribution in [-0.4, -0.2) is 78.7 Å². The van der Waals surface area contributed by atoms with E-state index >= 15 is 0 Å². The molecule has 6 rings (SSSR count). The highest BCUT2D eigenvalue weighted by molar-refractivity contribution is 5.92. The molecule has 200 valence electrons. The lowest BCUT2D eigenvalue weighted by molar-refractivity contribution is -0.117. The number of rotatable bonds is 7. The molecule has 0 atom stereocenters. The van der Waals surface area contributed by atoms with Crippen molar-refractivity contribution in [3.05, 3.63) is 54.7 Å². The lowest BCUT2D eigenvalue weighted by Gasteiger charge is -2.40. The minimum atomic E-state index is 0.117. The average molecular weight is 514 g/mol. The van der Waals surface area contributed by atoms with E-state index in [1.807, 2.05) is 35.4 Å². The fraction of sp³-hybridized carbons (Fsp3) is 0.500. The first-order valence-corrected chi connectivity index (χ1v) is 14.2. The monoisotopic (exact) mass is 513 g/mol. The molecule has 3 aromatic rings. The Labute approximate surface area is 225 Å². The molecule has 2 N–H and O–H groups in total. The van der Waals surface area contributed by atoms with Gasteiger partial charge in [0.2, 0.25) is 11.9 Å².